The third-order valence-corrected chi connectivity index (χ3v) is 4.34. The number of hydrogen-bond donors (Lipinski definition) is 1. The van der Waals surface area contributed by atoms with Crippen molar-refractivity contribution < 1.29 is 14.3 Å². The van der Waals surface area contributed by atoms with Crippen molar-refractivity contribution in [3.8, 4) is 11.1 Å². The molecule has 0 aliphatic heterocycles. The van der Waals surface area contributed by atoms with Crippen molar-refractivity contribution in [1.29, 1.82) is 0 Å². The Morgan fingerprint density at radius 2 is 1.71 bits per heavy atom. The SMILES string of the molecule is C[C@H](OC(=O)[C@H]1C[C@H]1C)C(=O)Nc1ccccc1-c1ccccc1. The monoisotopic (exact) mass is 323 g/mol. The lowest BCUT2D eigenvalue weighted by Crippen LogP contribution is -2.30. The molecule has 1 aliphatic rings. The molecule has 0 unspecified atom stereocenters. The van der Waals surface area contributed by atoms with Crippen molar-refractivity contribution >= 4 is 17.6 Å². The summed E-state index contributed by atoms with van der Waals surface area (Å²) >= 11 is 0. The number of esters is 1. The molecule has 1 amide bonds. The van der Waals surface area contributed by atoms with Gasteiger partial charge in [-0.2, -0.15) is 0 Å². The molecule has 3 atom stereocenters. The Hall–Kier alpha value is -2.62. The van der Waals surface area contributed by atoms with Gasteiger partial charge >= 0.3 is 5.97 Å². The van der Waals surface area contributed by atoms with Crippen molar-refractivity contribution in [2.24, 2.45) is 11.8 Å². The molecular formula is C20H21NO3. The van der Waals surface area contributed by atoms with Crippen molar-refractivity contribution in [3.05, 3.63) is 54.6 Å². The summed E-state index contributed by atoms with van der Waals surface area (Å²) < 4.78 is 5.27. The molecule has 0 aromatic heterocycles. The Morgan fingerprint density at radius 3 is 2.38 bits per heavy atom. The molecule has 0 spiro atoms. The van der Waals surface area contributed by atoms with E-state index in [0.29, 0.717) is 11.6 Å². The van der Waals surface area contributed by atoms with Gasteiger partial charge in [-0.1, -0.05) is 55.5 Å². The molecule has 2 aromatic rings. The maximum absolute atomic E-state index is 12.4. The molecule has 124 valence electrons. The molecule has 1 saturated carbocycles. The van der Waals surface area contributed by atoms with Gasteiger partial charge < -0.3 is 10.1 Å². The normalized spacial score (nSPS) is 20.1. The summed E-state index contributed by atoms with van der Waals surface area (Å²) in [6, 6.07) is 17.4. The van der Waals surface area contributed by atoms with Crippen LogP contribution in [0.3, 0.4) is 0 Å². The van der Waals surface area contributed by atoms with E-state index in [1.165, 1.54) is 0 Å². The Morgan fingerprint density at radius 1 is 1.08 bits per heavy atom. The van der Waals surface area contributed by atoms with Crippen molar-refractivity contribution in [2.75, 3.05) is 5.32 Å². The van der Waals surface area contributed by atoms with Gasteiger partial charge in [0.15, 0.2) is 6.10 Å². The van der Waals surface area contributed by atoms with Crippen LogP contribution in [0.15, 0.2) is 54.6 Å². The van der Waals surface area contributed by atoms with E-state index in [1.807, 2.05) is 61.5 Å². The van der Waals surface area contributed by atoms with Crippen LogP contribution in [0.5, 0.6) is 0 Å². The molecule has 24 heavy (non-hydrogen) atoms. The molecule has 1 aliphatic carbocycles. The van der Waals surface area contributed by atoms with Crippen molar-refractivity contribution in [2.45, 2.75) is 26.4 Å². The van der Waals surface area contributed by atoms with Gasteiger partial charge in [-0.3, -0.25) is 9.59 Å². The van der Waals surface area contributed by atoms with Crippen LogP contribution in [0.25, 0.3) is 11.1 Å². The lowest BCUT2D eigenvalue weighted by Gasteiger charge is -2.16. The topological polar surface area (TPSA) is 55.4 Å². The summed E-state index contributed by atoms with van der Waals surface area (Å²) in [6.45, 7) is 3.61. The molecule has 4 heteroatoms. The first-order chi connectivity index (χ1) is 11.6. The van der Waals surface area contributed by atoms with Crippen LogP contribution in [-0.4, -0.2) is 18.0 Å². The number of rotatable bonds is 5. The fraction of sp³-hybridized carbons (Fsp3) is 0.300. The first-order valence-electron chi connectivity index (χ1n) is 8.22. The Kier molecular flexibility index (Phi) is 4.65. The molecule has 0 bridgehead atoms. The lowest BCUT2D eigenvalue weighted by molar-refractivity contribution is -0.154. The predicted octanol–water partition coefficient (Wildman–Crippen LogP) is 3.88. The number of para-hydroxylation sites is 1. The van der Waals surface area contributed by atoms with Crippen LogP contribution in [-0.2, 0) is 14.3 Å². The minimum atomic E-state index is -0.811. The zero-order valence-electron chi connectivity index (χ0n) is 13.9. The molecule has 3 rings (SSSR count). The van der Waals surface area contributed by atoms with E-state index in [9.17, 15) is 9.59 Å². The minimum Gasteiger partial charge on any atom is -0.452 e. The van der Waals surface area contributed by atoms with Gasteiger partial charge in [0.1, 0.15) is 0 Å². The maximum Gasteiger partial charge on any atom is 0.309 e. The van der Waals surface area contributed by atoms with Gasteiger partial charge in [0.25, 0.3) is 5.91 Å². The van der Waals surface area contributed by atoms with Crippen LogP contribution >= 0.6 is 0 Å². The Labute approximate surface area is 141 Å². The van der Waals surface area contributed by atoms with Gasteiger partial charge in [-0.25, -0.2) is 0 Å². The first-order valence-corrected chi connectivity index (χ1v) is 8.22. The molecule has 2 aromatic carbocycles. The van der Waals surface area contributed by atoms with Crippen molar-refractivity contribution in [3.63, 3.8) is 0 Å². The van der Waals surface area contributed by atoms with Gasteiger partial charge in [0.05, 0.1) is 5.92 Å². The summed E-state index contributed by atoms with van der Waals surface area (Å²) in [7, 11) is 0. The fourth-order valence-corrected chi connectivity index (χ4v) is 2.66. The third kappa shape index (κ3) is 3.65. The second kappa shape index (κ2) is 6.87. The summed E-state index contributed by atoms with van der Waals surface area (Å²) in [5.74, 6) is -0.273. The third-order valence-electron chi connectivity index (χ3n) is 4.34. The number of carbonyl (C=O) groups excluding carboxylic acids is 2. The second-order valence-electron chi connectivity index (χ2n) is 6.30. The van der Waals surface area contributed by atoms with Gasteiger partial charge in [0.2, 0.25) is 0 Å². The zero-order valence-corrected chi connectivity index (χ0v) is 13.9. The number of carbonyl (C=O) groups is 2. The van der Waals surface area contributed by atoms with Crippen LogP contribution in [0, 0.1) is 11.8 Å². The number of nitrogens with one attached hydrogen (secondary N) is 1. The maximum atomic E-state index is 12.4. The van der Waals surface area contributed by atoms with E-state index >= 15 is 0 Å². The number of hydrogen-bond acceptors (Lipinski definition) is 3. The van der Waals surface area contributed by atoms with E-state index in [1.54, 1.807) is 6.92 Å². The van der Waals surface area contributed by atoms with Crippen LogP contribution in [0.4, 0.5) is 5.69 Å². The van der Waals surface area contributed by atoms with Crippen LogP contribution < -0.4 is 5.32 Å². The molecular weight excluding hydrogens is 302 g/mol. The summed E-state index contributed by atoms with van der Waals surface area (Å²) in [5, 5.41) is 2.87. The predicted molar refractivity (Wildman–Crippen MR) is 93.3 cm³/mol. The van der Waals surface area contributed by atoms with Crippen LogP contribution in [0.1, 0.15) is 20.3 Å². The number of amides is 1. The summed E-state index contributed by atoms with van der Waals surface area (Å²) in [6.07, 6.45) is 0.0402. The number of anilines is 1. The second-order valence-corrected chi connectivity index (χ2v) is 6.30. The largest absolute Gasteiger partial charge is 0.452 e. The van der Waals surface area contributed by atoms with E-state index < -0.39 is 6.10 Å². The highest BCUT2D eigenvalue weighted by atomic mass is 16.5. The molecule has 0 radical (unpaired) electrons. The minimum absolute atomic E-state index is 0.0446. The van der Waals surface area contributed by atoms with Crippen LogP contribution in [0.2, 0.25) is 0 Å². The molecule has 0 heterocycles. The standard InChI is InChI=1S/C20H21NO3/c1-13-12-17(13)20(23)24-14(2)19(22)21-18-11-7-6-10-16(18)15-8-4-3-5-9-15/h3-11,13-14,17H,12H2,1-2H3,(H,21,22)/t13-,14+,17+/m1/s1. The van der Waals surface area contributed by atoms with Gasteiger partial charge in [0, 0.05) is 11.3 Å². The molecule has 1 fully saturated rings. The lowest BCUT2D eigenvalue weighted by atomic mass is 10.0. The molecule has 0 saturated heterocycles. The summed E-state index contributed by atoms with van der Waals surface area (Å²) in [4.78, 5) is 24.2. The smallest absolute Gasteiger partial charge is 0.309 e. The first kappa shape index (κ1) is 16.2. The Bertz CT molecular complexity index is 742. The van der Waals surface area contributed by atoms with Gasteiger partial charge in [-0.15, -0.1) is 0 Å². The van der Waals surface area contributed by atoms with Crippen molar-refractivity contribution in [1.82, 2.24) is 0 Å². The quantitative estimate of drug-likeness (QED) is 0.850. The van der Waals surface area contributed by atoms with E-state index in [4.69, 9.17) is 4.74 Å². The van der Waals surface area contributed by atoms with Gasteiger partial charge in [-0.05, 0) is 30.9 Å². The Balaban J connectivity index is 1.69. The van der Waals surface area contributed by atoms with E-state index in [-0.39, 0.29) is 17.8 Å². The molecule has 4 nitrogen and oxygen atoms in total. The molecule has 1 N–H and O–H groups in total. The highest BCUT2D eigenvalue weighted by Gasteiger charge is 2.41. The number of benzene rings is 2. The average molecular weight is 323 g/mol. The average Bonchev–Trinajstić information content (AvgIpc) is 3.33. The fourth-order valence-electron chi connectivity index (χ4n) is 2.66. The number of ether oxygens (including phenoxy) is 1. The van der Waals surface area contributed by atoms with E-state index in [0.717, 1.165) is 17.5 Å². The summed E-state index contributed by atoms with van der Waals surface area (Å²) in [5.41, 5.74) is 2.65. The highest BCUT2D eigenvalue weighted by molar-refractivity contribution is 5.98. The zero-order chi connectivity index (χ0) is 17.1. The highest BCUT2D eigenvalue weighted by Crippen LogP contribution is 2.38. The van der Waals surface area contributed by atoms with E-state index in [2.05, 4.69) is 5.32 Å².